The smallest absolute Gasteiger partial charge is 0.251 e. The van der Waals surface area contributed by atoms with E-state index in [1.165, 1.54) is 25.9 Å². The second-order valence-electron chi connectivity index (χ2n) is 8.96. The third-order valence-corrected chi connectivity index (χ3v) is 6.46. The second kappa shape index (κ2) is 10.4. The summed E-state index contributed by atoms with van der Waals surface area (Å²) in [5.41, 5.74) is 9.28. The molecular formula is C26H31N5O3. The maximum absolute atomic E-state index is 12.5. The van der Waals surface area contributed by atoms with E-state index in [1.54, 1.807) is 0 Å². The van der Waals surface area contributed by atoms with Crippen LogP contribution in [0.5, 0.6) is 5.88 Å². The van der Waals surface area contributed by atoms with Gasteiger partial charge in [-0.05, 0) is 74.3 Å². The third-order valence-electron chi connectivity index (χ3n) is 6.46. The number of hydrogen-bond acceptors (Lipinski definition) is 7. The molecule has 8 heteroatoms. The van der Waals surface area contributed by atoms with E-state index >= 15 is 0 Å². The maximum Gasteiger partial charge on any atom is 0.251 e. The van der Waals surface area contributed by atoms with Crippen molar-refractivity contribution in [3.8, 4) is 17.0 Å². The summed E-state index contributed by atoms with van der Waals surface area (Å²) in [7, 11) is 0. The fourth-order valence-electron chi connectivity index (χ4n) is 4.58. The average Bonchev–Trinajstić information content (AvgIpc) is 3.56. The van der Waals surface area contributed by atoms with E-state index in [2.05, 4.69) is 20.2 Å². The van der Waals surface area contributed by atoms with Crippen molar-refractivity contribution in [2.45, 2.75) is 31.8 Å². The molecule has 1 atom stereocenters. The lowest BCUT2D eigenvalue weighted by Gasteiger charge is -2.14. The van der Waals surface area contributed by atoms with E-state index in [1.807, 2.05) is 42.5 Å². The first kappa shape index (κ1) is 22.6. The quantitative estimate of drug-likeness (QED) is 0.496. The van der Waals surface area contributed by atoms with Crippen LogP contribution in [-0.4, -0.2) is 66.3 Å². The second-order valence-corrected chi connectivity index (χ2v) is 8.96. The summed E-state index contributed by atoms with van der Waals surface area (Å²) in [6.45, 7) is 5.36. The number of nitrogen functional groups attached to an aromatic ring is 1. The molecule has 0 radical (unpaired) electrons. The summed E-state index contributed by atoms with van der Waals surface area (Å²) in [5, 5.41) is 3.84. The van der Waals surface area contributed by atoms with Crippen LogP contribution < -0.4 is 15.8 Å². The molecule has 2 aromatic carbocycles. The van der Waals surface area contributed by atoms with Crippen LogP contribution >= 0.6 is 0 Å². The van der Waals surface area contributed by atoms with Gasteiger partial charge in [-0.3, -0.25) is 4.79 Å². The molecule has 3 heterocycles. The highest BCUT2D eigenvalue weighted by Gasteiger charge is 2.20. The van der Waals surface area contributed by atoms with E-state index in [0.29, 0.717) is 31.2 Å². The molecule has 178 valence electrons. The predicted octanol–water partition coefficient (Wildman–Crippen LogP) is 3.26. The Morgan fingerprint density at radius 1 is 1.12 bits per heavy atom. The van der Waals surface area contributed by atoms with Gasteiger partial charge < -0.3 is 25.4 Å². The van der Waals surface area contributed by atoms with Crippen molar-refractivity contribution in [1.29, 1.82) is 0 Å². The van der Waals surface area contributed by atoms with Gasteiger partial charge in [-0.15, -0.1) is 0 Å². The van der Waals surface area contributed by atoms with Gasteiger partial charge in [-0.1, -0.05) is 18.2 Å². The van der Waals surface area contributed by atoms with Crippen molar-refractivity contribution in [1.82, 2.24) is 20.2 Å². The summed E-state index contributed by atoms with van der Waals surface area (Å²) in [4.78, 5) is 23.7. The molecule has 34 heavy (non-hydrogen) atoms. The van der Waals surface area contributed by atoms with Crippen LogP contribution in [0.2, 0.25) is 0 Å². The molecule has 2 fully saturated rings. The van der Waals surface area contributed by atoms with Crippen molar-refractivity contribution in [3.63, 3.8) is 0 Å². The number of amides is 1. The van der Waals surface area contributed by atoms with E-state index in [4.69, 9.17) is 15.2 Å². The van der Waals surface area contributed by atoms with Crippen molar-refractivity contribution < 1.29 is 14.3 Å². The highest BCUT2D eigenvalue weighted by molar-refractivity contribution is 5.95. The number of nitrogens with zero attached hydrogens (tertiary/aromatic N) is 3. The van der Waals surface area contributed by atoms with Crippen LogP contribution in [0.25, 0.3) is 22.0 Å². The monoisotopic (exact) mass is 461 g/mol. The van der Waals surface area contributed by atoms with Crippen LogP contribution in [0, 0.1) is 0 Å². The standard InChI is InChI=1S/C26H31N5O3/c27-26-29-23-9-8-20(16-22(23)25(30-26)34-21-10-15-33-17-21)18-4-6-19(7-5-18)24(32)28-11-3-14-31-12-1-2-13-31/h4-9,16,21H,1-3,10-15,17H2,(H,28,32)(H2,27,29,30). The zero-order valence-electron chi connectivity index (χ0n) is 19.3. The molecule has 0 saturated carbocycles. The number of rotatable bonds is 8. The molecule has 2 saturated heterocycles. The fourth-order valence-corrected chi connectivity index (χ4v) is 4.58. The molecule has 5 rings (SSSR count). The van der Waals surface area contributed by atoms with Crippen molar-refractivity contribution in [2.24, 2.45) is 0 Å². The number of carbonyl (C=O) groups is 1. The summed E-state index contributed by atoms with van der Waals surface area (Å²) < 4.78 is 11.5. The number of nitrogens with one attached hydrogen (secondary N) is 1. The van der Waals surface area contributed by atoms with Gasteiger partial charge in [0.1, 0.15) is 6.10 Å². The molecule has 3 N–H and O–H groups in total. The first-order chi connectivity index (χ1) is 16.7. The third kappa shape index (κ3) is 5.29. The molecule has 1 amide bonds. The van der Waals surface area contributed by atoms with Gasteiger partial charge in [0.2, 0.25) is 11.8 Å². The summed E-state index contributed by atoms with van der Waals surface area (Å²) in [6.07, 6.45) is 4.36. The minimum Gasteiger partial charge on any atom is -0.471 e. The van der Waals surface area contributed by atoms with Gasteiger partial charge in [0.15, 0.2) is 0 Å². The molecule has 3 aromatic rings. The average molecular weight is 462 g/mol. The molecule has 0 spiro atoms. The normalized spacial score (nSPS) is 18.4. The Bertz CT molecular complexity index is 1140. The highest BCUT2D eigenvalue weighted by Crippen LogP contribution is 2.30. The van der Waals surface area contributed by atoms with Crippen molar-refractivity contribution in [3.05, 3.63) is 48.0 Å². The van der Waals surface area contributed by atoms with Crippen molar-refractivity contribution >= 4 is 22.8 Å². The molecule has 2 aliphatic rings. The number of fused-ring (bicyclic) bond motifs is 1. The predicted molar refractivity (Wildman–Crippen MR) is 132 cm³/mol. The number of benzene rings is 2. The molecule has 1 unspecified atom stereocenters. The Balaban J connectivity index is 1.26. The van der Waals surface area contributed by atoms with Crippen LogP contribution in [-0.2, 0) is 4.74 Å². The lowest BCUT2D eigenvalue weighted by molar-refractivity contribution is 0.0952. The Kier molecular flexibility index (Phi) is 6.87. The Morgan fingerprint density at radius 3 is 2.68 bits per heavy atom. The van der Waals surface area contributed by atoms with Gasteiger partial charge in [0.25, 0.3) is 5.91 Å². The minimum absolute atomic E-state index is 0.0331. The first-order valence-electron chi connectivity index (χ1n) is 12.1. The molecule has 8 nitrogen and oxygen atoms in total. The summed E-state index contributed by atoms with van der Waals surface area (Å²) in [6, 6.07) is 13.6. The molecule has 0 bridgehead atoms. The Labute approximate surface area is 199 Å². The zero-order chi connectivity index (χ0) is 23.3. The zero-order valence-corrected chi connectivity index (χ0v) is 19.3. The topological polar surface area (TPSA) is 103 Å². The number of ether oxygens (including phenoxy) is 2. The number of carbonyl (C=O) groups excluding carboxylic acids is 1. The van der Waals surface area contributed by atoms with Gasteiger partial charge in [-0.25, -0.2) is 4.98 Å². The molecular weight excluding hydrogens is 430 g/mol. The van der Waals surface area contributed by atoms with Crippen LogP contribution in [0.15, 0.2) is 42.5 Å². The summed E-state index contributed by atoms with van der Waals surface area (Å²) in [5.74, 6) is 0.625. The number of likely N-dealkylation sites (tertiary alicyclic amines) is 1. The van der Waals surface area contributed by atoms with E-state index < -0.39 is 0 Å². The lowest BCUT2D eigenvalue weighted by atomic mass is 10.0. The minimum atomic E-state index is -0.0372. The van der Waals surface area contributed by atoms with E-state index in [9.17, 15) is 4.79 Å². The van der Waals surface area contributed by atoms with Crippen LogP contribution in [0.1, 0.15) is 36.0 Å². The molecule has 2 aliphatic heterocycles. The number of hydrogen-bond donors (Lipinski definition) is 2. The van der Waals surface area contributed by atoms with Crippen LogP contribution in [0.4, 0.5) is 5.95 Å². The summed E-state index contributed by atoms with van der Waals surface area (Å²) >= 11 is 0. The highest BCUT2D eigenvalue weighted by atomic mass is 16.5. The molecule has 0 aliphatic carbocycles. The van der Waals surface area contributed by atoms with Gasteiger partial charge >= 0.3 is 0 Å². The SMILES string of the molecule is Nc1nc(OC2CCOC2)c2cc(-c3ccc(C(=O)NCCCN4CCCC4)cc3)ccc2n1. The first-order valence-corrected chi connectivity index (χ1v) is 12.1. The van der Waals surface area contributed by atoms with Gasteiger partial charge in [0.05, 0.1) is 24.1 Å². The largest absolute Gasteiger partial charge is 0.471 e. The Hall–Kier alpha value is -3.23. The van der Waals surface area contributed by atoms with E-state index in [-0.39, 0.29) is 18.0 Å². The van der Waals surface area contributed by atoms with Crippen LogP contribution in [0.3, 0.4) is 0 Å². The number of nitrogens with two attached hydrogens (primary N) is 1. The van der Waals surface area contributed by atoms with Crippen molar-refractivity contribution in [2.75, 3.05) is 45.1 Å². The lowest BCUT2D eigenvalue weighted by Crippen LogP contribution is -2.28. The molecule has 1 aromatic heterocycles. The number of aromatic nitrogens is 2. The van der Waals surface area contributed by atoms with E-state index in [0.717, 1.165) is 41.4 Å². The van der Waals surface area contributed by atoms with Gasteiger partial charge in [0, 0.05) is 18.5 Å². The number of anilines is 1. The Morgan fingerprint density at radius 2 is 1.91 bits per heavy atom. The maximum atomic E-state index is 12.5. The fraction of sp³-hybridized carbons (Fsp3) is 0.423. The van der Waals surface area contributed by atoms with Gasteiger partial charge in [-0.2, -0.15) is 4.98 Å².